The van der Waals surface area contributed by atoms with Crippen molar-refractivity contribution in [2.45, 2.75) is 12.5 Å². The summed E-state index contributed by atoms with van der Waals surface area (Å²) in [5.74, 6) is -1.29. The summed E-state index contributed by atoms with van der Waals surface area (Å²) in [4.78, 5) is 23.1. The molecule has 1 aromatic rings. The second-order valence-electron chi connectivity index (χ2n) is 4.64. The largest absolute Gasteiger partial charge is 0.478 e. The van der Waals surface area contributed by atoms with Crippen molar-refractivity contribution in [1.29, 1.82) is 0 Å². The van der Waals surface area contributed by atoms with Gasteiger partial charge in [-0.05, 0) is 30.7 Å². The van der Waals surface area contributed by atoms with Crippen LogP contribution in [0.5, 0.6) is 5.75 Å². The van der Waals surface area contributed by atoms with Gasteiger partial charge >= 0.3 is 5.97 Å². The minimum Gasteiger partial charge on any atom is -0.478 e. The molecule has 1 aliphatic rings. The van der Waals surface area contributed by atoms with Crippen LogP contribution in [-0.2, 0) is 9.59 Å². The van der Waals surface area contributed by atoms with E-state index in [4.69, 9.17) is 45.3 Å². The van der Waals surface area contributed by atoms with E-state index in [1.165, 1.54) is 17.8 Å². The third-order valence-electron chi connectivity index (χ3n) is 2.88. The number of amides is 1. The van der Waals surface area contributed by atoms with E-state index in [1.54, 1.807) is 31.2 Å². The molecule has 126 valence electrons. The van der Waals surface area contributed by atoms with Crippen LogP contribution in [0.15, 0.2) is 34.8 Å². The Morgan fingerprint density at radius 1 is 1.50 bits per heavy atom. The predicted molar refractivity (Wildman–Crippen MR) is 99.4 cm³/mol. The summed E-state index contributed by atoms with van der Waals surface area (Å²) in [6.45, 7) is 1.76. The molecule has 0 radical (unpaired) electrons. The highest BCUT2D eigenvalue weighted by Gasteiger charge is 2.23. The van der Waals surface area contributed by atoms with Gasteiger partial charge in [-0.15, -0.1) is 0 Å². The number of nitrogens with one attached hydrogen (secondary N) is 1. The molecule has 0 saturated carbocycles. The Labute approximate surface area is 157 Å². The summed E-state index contributed by atoms with van der Waals surface area (Å²) in [6, 6.07) is 4.68. The van der Waals surface area contributed by atoms with Crippen LogP contribution in [0.4, 0.5) is 0 Å². The van der Waals surface area contributed by atoms with Gasteiger partial charge in [0, 0.05) is 10.6 Å². The van der Waals surface area contributed by atoms with E-state index in [0.717, 1.165) is 0 Å². The van der Waals surface area contributed by atoms with Gasteiger partial charge in [0.1, 0.15) is 10.1 Å². The van der Waals surface area contributed by atoms with Crippen molar-refractivity contribution in [1.82, 2.24) is 5.32 Å². The van der Waals surface area contributed by atoms with E-state index in [1.807, 2.05) is 0 Å². The SMILES string of the molecule is CC(C=Cc1cc(Cl)ccc1OC(Cl)C(=O)O)=C1SC(=S)NC1=O. The van der Waals surface area contributed by atoms with Gasteiger partial charge in [0.2, 0.25) is 0 Å². The fourth-order valence-electron chi connectivity index (χ4n) is 1.78. The van der Waals surface area contributed by atoms with Crippen molar-refractivity contribution >= 4 is 69.5 Å². The summed E-state index contributed by atoms with van der Waals surface area (Å²) < 4.78 is 5.60. The molecular formula is C15H11Cl2NO4S2. The normalized spacial score (nSPS) is 17.8. The monoisotopic (exact) mass is 403 g/mol. The number of halogens is 2. The molecule has 1 heterocycles. The summed E-state index contributed by atoms with van der Waals surface area (Å²) in [6.07, 6.45) is 3.35. The second-order valence-corrected chi connectivity index (χ2v) is 7.16. The van der Waals surface area contributed by atoms with Crippen molar-refractivity contribution in [3.8, 4) is 5.75 Å². The Balaban J connectivity index is 2.30. The number of carboxylic acid groups (broad SMARTS) is 1. The van der Waals surface area contributed by atoms with Gasteiger partial charge in [-0.1, -0.05) is 59.3 Å². The molecule has 1 unspecified atom stereocenters. The highest BCUT2D eigenvalue weighted by Crippen LogP contribution is 2.29. The number of alkyl halides is 1. The smallest absolute Gasteiger partial charge is 0.360 e. The Morgan fingerprint density at radius 3 is 2.79 bits per heavy atom. The first-order valence-corrected chi connectivity index (χ1v) is 8.57. The minimum atomic E-state index is -1.52. The summed E-state index contributed by atoms with van der Waals surface area (Å²) in [7, 11) is 0. The molecule has 9 heteroatoms. The summed E-state index contributed by atoms with van der Waals surface area (Å²) in [5.41, 5.74) is -0.296. The molecular weight excluding hydrogens is 393 g/mol. The van der Waals surface area contributed by atoms with Crippen LogP contribution in [0, 0.1) is 0 Å². The minimum absolute atomic E-state index is 0.249. The zero-order valence-electron chi connectivity index (χ0n) is 12.2. The molecule has 0 bridgehead atoms. The number of thioether (sulfide) groups is 1. The summed E-state index contributed by atoms with van der Waals surface area (Å²) >= 11 is 17.7. The fraction of sp³-hybridized carbons (Fsp3) is 0.133. The molecule has 0 aliphatic carbocycles. The van der Waals surface area contributed by atoms with Crippen molar-refractivity contribution < 1.29 is 19.4 Å². The number of rotatable bonds is 5. The first-order chi connectivity index (χ1) is 11.3. The van der Waals surface area contributed by atoms with Crippen molar-refractivity contribution in [3.63, 3.8) is 0 Å². The van der Waals surface area contributed by atoms with Gasteiger partial charge in [-0.3, -0.25) is 4.79 Å². The standard InChI is InChI=1S/C15H11Cl2NO4S2/c1-7(11-13(19)18-15(23)24-11)2-3-8-6-9(16)4-5-10(8)22-12(17)14(20)21/h2-6,12H,1H3,(H,20,21)(H,18,19,23). The predicted octanol–water partition coefficient (Wildman–Crippen LogP) is 3.80. The molecule has 2 rings (SSSR count). The molecule has 1 atom stereocenters. The van der Waals surface area contributed by atoms with E-state index in [0.29, 0.717) is 25.4 Å². The van der Waals surface area contributed by atoms with Crippen molar-refractivity contribution in [2.75, 3.05) is 0 Å². The van der Waals surface area contributed by atoms with E-state index >= 15 is 0 Å². The average Bonchev–Trinajstić information content (AvgIpc) is 2.85. The molecule has 1 fully saturated rings. The number of aliphatic carboxylic acids is 1. The molecule has 1 saturated heterocycles. The van der Waals surface area contributed by atoms with Crippen molar-refractivity contribution in [3.05, 3.63) is 45.3 Å². The molecule has 0 aromatic heterocycles. The van der Waals surface area contributed by atoms with E-state index in [9.17, 15) is 9.59 Å². The summed E-state index contributed by atoms with van der Waals surface area (Å²) in [5, 5.41) is 11.8. The Morgan fingerprint density at radius 2 is 2.21 bits per heavy atom. The first-order valence-electron chi connectivity index (χ1n) is 6.53. The Bertz CT molecular complexity index is 777. The number of carbonyl (C=O) groups excluding carboxylic acids is 1. The van der Waals surface area contributed by atoms with Crippen LogP contribution in [0.2, 0.25) is 5.02 Å². The molecule has 1 amide bonds. The zero-order valence-corrected chi connectivity index (χ0v) is 15.4. The number of hydrogen-bond donors (Lipinski definition) is 2. The second kappa shape index (κ2) is 8.02. The van der Waals surface area contributed by atoms with Crippen molar-refractivity contribution in [2.24, 2.45) is 0 Å². The lowest BCUT2D eigenvalue weighted by atomic mass is 10.1. The number of thiocarbonyl (C=S) groups is 1. The number of ether oxygens (including phenoxy) is 1. The van der Waals surface area contributed by atoms with Gasteiger partial charge in [-0.25, -0.2) is 4.79 Å². The lowest BCUT2D eigenvalue weighted by Gasteiger charge is -2.11. The van der Waals surface area contributed by atoms with Crippen LogP contribution in [-0.4, -0.2) is 26.9 Å². The Kier molecular flexibility index (Phi) is 6.28. The van der Waals surface area contributed by atoms with Crippen LogP contribution in [0.1, 0.15) is 12.5 Å². The number of benzene rings is 1. The highest BCUT2D eigenvalue weighted by molar-refractivity contribution is 8.26. The molecule has 24 heavy (non-hydrogen) atoms. The third kappa shape index (κ3) is 4.73. The van der Waals surface area contributed by atoms with Crippen LogP contribution in [0.25, 0.3) is 6.08 Å². The van der Waals surface area contributed by atoms with Crippen LogP contribution < -0.4 is 10.1 Å². The third-order valence-corrected chi connectivity index (χ3v) is 4.75. The number of hydrogen-bond acceptors (Lipinski definition) is 5. The van der Waals surface area contributed by atoms with Crippen LogP contribution in [0.3, 0.4) is 0 Å². The number of carbonyl (C=O) groups is 2. The number of carboxylic acids is 1. The van der Waals surface area contributed by atoms with Gasteiger partial charge in [0.05, 0.1) is 4.91 Å². The highest BCUT2D eigenvalue weighted by atomic mass is 35.5. The van der Waals surface area contributed by atoms with Gasteiger partial charge in [-0.2, -0.15) is 0 Å². The maximum absolute atomic E-state index is 11.7. The topological polar surface area (TPSA) is 75.6 Å². The quantitative estimate of drug-likeness (QED) is 0.442. The molecule has 0 spiro atoms. The van der Waals surface area contributed by atoms with Gasteiger partial charge in [0.25, 0.3) is 11.5 Å². The number of allylic oxidation sites excluding steroid dienone is 2. The van der Waals surface area contributed by atoms with Gasteiger partial charge < -0.3 is 15.2 Å². The average molecular weight is 404 g/mol. The fourth-order valence-corrected chi connectivity index (χ4v) is 3.10. The molecule has 2 N–H and O–H groups in total. The molecule has 1 aromatic carbocycles. The zero-order chi connectivity index (χ0) is 17.9. The molecule has 1 aliphatic heterocycles. The van der Waals surface area contributed by atoms with Gasteiger partial charge in [0.15, 0.2) is 0 Å². The lowest BCUT2D eigenvalue weighted by molar-refractivity contribution is -0.141. The lowest BCUT2D eigenvalue weighted by Crippen LogP contribution is -2.20. The maximum atomic E-state index is 11.7. The van der Waals surface area contributed by atoms with E-state index in [-0.39, 0.29) is 11.7 Å². The van der Waals surface area contributed by atoms with Crippen LogP contribution >= 0.6 is 47.2 Å². The van der Waals surface area contributed by atoms with E-state index in [2.05, 4.69) is 5.32 Å². The molecule has 5 nitrogen and oxygen atoms in total. The first kappa shape index (κ1) is 18.8. The van der Waals surface area contributed by atoms with E-state index < -0.39 is 11.5 Å². The Hall–Kier alpha value is -1.54. The maximum Gasteiger partial charge on any atom is 0.360 e.